The molecule has 0 aliphatic rings. The van der Waals surface area contributed by atoms with Crippen molar-refractivity contribution in [1.82, 2.24) is 15.0 Å². The lowest BCUT2D eigenvalue weighted by atomic mass is 10.2. The SMILES string of the molecule is Oc1ccc2c(c1)sc1ncnc(Nc3ccc(OCc4ccccn4)c(Cl)c3)c12. The molecule has 2 N–H and O–H groups in total. The van der Waals surface area contributed by atoms with Gasteiger partial charge in [-0.1, -0.05) is 17.7 Å². The lowest BCUT2D eigenvalue weighted by Gasteiger charge is -2.11. The zero-order chi connectivity index (χ0) is 20.5. The van der Waals surface area contributed by atoms with E-state index >= 15 is 0 Å². The highest BCUT2D eigenvalue weighted by molar-refractivity contribution is 7.25. The van der Waals surface area contributed by atoms with Crippen LogP contribution in [0.4, 0.5) is 11.5 Å². The summed E-state index contributed by atoms with van der Waals surface area (Å²) in [5.41, 5.74) is 1.61. The highest BCUT2D eigenvalue weighted by atomic mass is 35.5. The van der Waals surface area contributed by atoms with Gasteiger partial charge >= 0.3 is 0 Å². The number of benzene rings is 2. The molecule has 3 heterocycles. The van der Waals surface area contributed by atoms with Crippen molar-refractivity contribution in [3.63, 3.8) is 0 Å². The molecule has 2 aromatic carbocycles. The van der Waals surface area contributed by atoms with E-state index in [1.54, 1.807) is 24.4 Å². The monoisotopic (exact) mass is 434 g/mol. The Hall–Kier alpha value is -3.42. The fraction of sp³-hybridized carbons (Fsp3) is 0.0455. The Morgan fingerprint density at radius 2 is 1.97 bits per heavy atom. The number of aromatic hydroxyl groups is 1. The van der Waals surface area contributed by atoms with Crippen molar-refractivity contribution >= 4 is 54.7 Å². The number of thiophene rings is 1. The number of nitrogens with one attached hydrogen (secondary N) is 1. The van der Waals surface area contributed by atoms with Crippen molar-refractivity contribution < 1.29 is 9.84 Å². The Balaban J connectivity index is 1.42. The van der Waals surface area contributed by atoms with Gasteiger partial charge in [-0.25, -0.2) is 9.97 Å². The van der Waals surface area contributed by atoms with Gasteiger partial charge in [0.15, 0.2) is 0 Å². The van der Waals surface area contributed by atoms with Crippen molar-refractivity contribution in [3.8, 4) is 11.5 Å². The average molecular weight is 435 g/mol. The molecule has 30 heavy (non-hydrogen) atoms. The molecule has 0 saturated carbocycles. The number of phenols is 1. The molecule has 3 aromatic heterocycles. The fourth-order valence-electron chi connectivity index (χ4n) is 3.16. The summed E-state index contributed by atoms with van der Waals surface area (Å²) in [6.45, 7) is 0.341. The van der Waals surface area contributed by atoms with E-state index in [0.29, 0.717) is 23.2 Å². The molecule has 0 aliphatic carbocycles. The van der Waals surface area contributed by atoms with Crippen LogP contribution in [0.15, 0.2) is 67.1 Å². The lowest BCUT2D eigenvalue weighted by Crippen LogP contribution is -1.99. The average Bonchev–Trinajstić information content (AvgIpc) is 3.12. The van der Waals surface area contributed by atoms with E-state index in [4.69, 9.17) is 16.3 Å². The fourth-order valence-corrected chi connectivity index (χ4v) is 4.47. The van der Waals surface area contributed by atoms with E-state index in [1.165, 1.54) is 17.7 Å². The number of hydrogen-bond donors (Lipinski definition) is 2. The van der Waals surface area contributed by atoms with Crippen LogP contribution in [-0.2, 0) is 6.61 Å². The minimum absolute atomic E-state index is 0.226. The summed E-state index contributed by atoms with van der Waals surface area (Å²) < 4.78 is 6.73. The Kier molecular flexibility index (Phi) is 4.82. The first-order chi connectivity index (χ1) is 14.7. The number of fused-ring (bicyclic) bond motifs is 3. The molecular formula is C22H15ClN4O2S. The van der Waals surface area contributed by atoms with Crippen molar-refractivity contribution in [2.45, 2.75) is 6.61 Å². The van der Waals surface area contributed by atoms with Gasteiger partial charge in [0.25, 0.3) is 0 Å². The second kappa shape index (κ2) is 7.78. The van der Waals surface area contributed by atoms with Crippen LogP contribution in [0.3, 0.4) is 0 Å². The van der Waals surface area contributed by atoms with Crippen LogP contribution in [0, 0.1) is 0 Å². The summed E-state index contributed by atoms with van der Waals surface area (Å²) in [7, 11) is 0. The van der Waals surface area contributed by atoms with Gasteiger partial charge in [0, 0.05) is 22.0 Å². The molecule has 5 aromatic rings. The maximum atomic E-state index is 9.76. The Labute approximate surface area is 180 Å². The topological polar surface area (TPSA) is 80.2 Å². The molecule has 5 rings (SSSR count). The number of pyridine rings is 1. The first kappa shape index (κ1) is 18.6. The van der Waals surface area contributed by atoms with E-state index in [1.807, 2.05) is 36.4 Å². The largest absolute Gasteiger partial charge is 0.508 e. The van der Waals surface area contributed by atoms with Gasteiger partial charge in [-0.05, 0) is 48.5 Å². The predicted molar refractivity (Wildman–Crippen MR) is 120 cm³/mol. The molecule has 0 fully saturated rings. The van der Waals surface area contributed by atoms with Crippen LogP contribution >= 0.6 is 22.9 Å². The summed E-state index contributed by atoms with van der Waals surface area (Å²) in [5.74, 6) is 1.48. The number of phenolic OH excluding ortho intramolecular Hbond substituents is 1. The molecule has 0 aliphatic heterocycles. The first-order valence-corrected chi connectivity index (χ1v) is 10.3. The van der Waals surface area contributed by atoms with Crippen molar-refractivity contribution in [1.29, 1.82) is 0 Å². The van der Waals surface area contributed by atoms with Crippen LogP contribution in [0.1, 0.15) is 5.69 Å². The zero-order valence-electron chi connectivity index (χ0n) is 15.5. The third-order valence-corrected chi connectivity index (χ3v) is 5.91. The molecular weight excluding hydrogens is 420 g/mol. The van der Waals surface area contributed by atoms with Gasteiger partial charge < -0.3 is 15.2 Å². The minimum Gasteiger partial charge on any atom is -0.508 e. The number of ether oxygens (including phenoxy) is 1. The third-order valence-electron chi connectivity index (χ3n) is 4.55. The molecule has 6 nitrogen and oxygen atoms in total. The molecule has 0 atom stereocenters. The van der Waals surface area contributed by atoms with E-state index < -0.39 is 0 Å². The lowest BCUT2D eigenvalue weighted by molar-refractivity contribution is 0.301. The second-order valence-corrected chi connectivity index (χ2v) is 8.00. The van der Waals surface area contributed by atoms with Crippen LogP contribution in [0.25, 0.3) is 20.3 Å². The number of aromatic nitrogens is 3. The van der Waals surface area contributed by atoms with Gasteiger partial charge in [-0.15, -0.1) is 11.3 Å². The summed E-state index contributed by atoms with van der Waals surface area (Å²) in [6.07, 6.45) is 3.25. The standard InChI is InChI=1S/C22H15ClN4O2S/c23-17-9-13(4-7-18(17)29-11-14-3-1-2-8-24-14)27-21-20-16-6-5-15(28)10-19(16)30-22(20)26-12-25-21/h1-10,12,28H,11H2,(H,25,26,27). The van der Waals surface area contributed by atoms with Gasteiger partial charge in [-0.2, -0.15) is 0 Å². The van der Waals surface area contributed by atoms with Gasteiger partial charge in [-0.3, -0.25) is 4.98 Å². The summed E-state index contributed by atoms with van der Waals surface area (Å²) in [5, 5.41) is 15.5. The number of rotatable bonds is 5. The molecule has 0 spiro atoms. The molecule has 148 valence electrons. The maximum absolute atomic E-state index is 9.76. The zero-order valence-corrected chi connectivity index (χ0v) is 17.1. The quantitative estimate of drug-likeness (QED) is 0.357. The third kappa shape index (κ3) is 3.60. The van der Waals surface area contributed by atoms with Crippen molar-refractivity contribution in [2.75, 3.05) is 5.32 Å². The Morgan fingerprint density at radius 1 is 1.03 bits per heavy atom. The van der Waals surface area contributed by atoms with Crippen molar-refractivity contribution in [2.24, 2.45) is 0 Å². The van der Waals surface area contributed by atoms with E-state index in [0.717, 1.165) is 31.7 Å². The number of hydrogen-bond acceptors (Lipinski definition) is 7. The normalized spacial score (nSPS) is 11.1. The summed E-state index contributed by atoms with van der Waals surface area (Å²) in [6, 6.07) is 16.4. The first-order valence-electron chi connectivity index (χ1n) is 9.13. The van der Waals surface area contributed by atoms with Crippen LogP contribution in [0.2, 0.25) is 5.02 Å². The van der Waals surface area contributed by atoms with E-state index in [2.05, 4.69) is 20.3 Å². The number of anilines is 2. The summed E-state index contributed by atoms with van der Waals surface area (Å²) >= 11 is 7.94. The van der Waals surface area contributed by atoms with E-state index in [-0.39, 0.29) is 5.75 Å². The Bertz CT molecular complexity index is 1360. The van der Waals surface area contributed by atoms with Crippen LogP contribution in [0.5, 0.6) is 11.5 Å². The number of nitrogens with zero attached hydrogens (tertiary/aromatic N) is 3. The highest BCUT2D eigenvalue weighted by Gasteiger charge is 2.13. The van der Waals surface area contributed by atoms with Crippen molar-refractivity contribution in [3.05, 3.63) is 77.8 Å². The number of halogens is 1. The molecule has 0 saturated heterocycles. The minimum atomic E-state index is 0.226. The highest BCUT2D eigenvalue weighted by Crippen LogP contribution is 2.38. The van der Waals surface area contributed by atoms with Gasteiger partial charge in [0.2, 0.25) is 0 Å². The van der Waals surface area contributed by atoms with Gasteiger partial charge in [0.1, 0.15) is 35.1 Å². The molecule has 8 heteroatoms. The predicted octanol–water partition coefficient (Wildman–Crippen LogP) is 5.92. The maximum Gasteiger partial charge on any atom is 0.143 e. The second-order valence-electron chi connectivity index (χ2n) is 6.56. The smallest absolute Gasteiger partial charge is 0.143 e. The van der Waals surface area contributed by atoms with Crippen LogP contribution < -0.4 is 10.1 Å². The van der Waals surface area contributed by atoms with E-state index in [9.17, 15) is 5.11 Å². The van der Waals surface area contributed by atoms with Gasteiger partial charge in [0.05, 0.1) is 16.1 Å². The molecule has 0 amide bonds. The Morgan fingerprint density at radius 3 is 2.80 bits per heavy atom. The summed E-state index contributed by atoms with van der Waals surface area (Å²) in [4.78, 5) is 13.9. The molecule has 0 bridgehead atoms. The molecule has 0 unspecified atom stereocenters. The van der Waals surface area contributed by atoms with Crippen LogP contribution in [-0.4, -0.2) is 20.1 Å². The molecule has 0 radical (unpaired) electrons.